The lowest BCUT2D eigenvalue weighted by atomic mass is 9.93. The third-order valence-corrected chi connectivity index (χ3v) is 5.56. The van der Waals surface area contributed by atoms with Crippen LogP contribution in [0.15, 0.2) is 71.5 Å². The fraction of sp³-hybridized carbons (Fsp3) is 0.167. The van der Waals surface area contributed by atoms with Gasteiger partial charge >= 0.3 is 5.97 Å². The van der Waals surface area contributed by atoms with Crippen molar-refractivity contribution in [2.45, 2.75) is 19.1 Å². The highest BCUT2D eigenvalue weighted by Crippen LogP contribution is 2.30. The molecule has 2 N–H and O–H groups in total. The number of carboxylic acid groups (broad SMARTS) is 1. The Morgan fingerprint density at radius 2 is 1.85 bits per heavy atom. The van der Waals surface area contributed by atoms with Crippen LogP contribution in [0.4, 0.5) is 4.39 Å². The Hall–Kier alpha value is -3.82. The van der Waals surface area contributed by atoms with Crippen molar-refractivity contribution in [2.75, 3.05) is 0 Å². The van der Waals surface area contributed by atoms with Crippen LogP contribution in [0.2, 0.25) is 5.02 Å². The van der Waals surface area contributed by atoms with Gasteiger partial charge in [-0.25, -0.2) is 9.07 Å². The average Bonchev–Trinajstić information content (AvgIpc) is 2.82. The minimum Gasteiger partial charge on any atom is -0.481 e. The molecule has 1 heterocycles. The summed E-state index contributed by atoms with van der Waals surface area (Å²) in [6, 6.07) is 16.7. The number of aromatic nitrogens is 3. The predicted molar refractivity (Wildman–Crippen MR) is 122 cm³/mol. The Labute approximate surface area is 197 Å². The van der Waals surface area contributed by atoms with E-state index in [0.29, 0.717) is 22.2 Å². The molecule has 3 aromatic carbocycles. The molecular formula is C24H19ClFN3O5. The number of hydrogen-bond donors (Lipinski definition) is 2. The Morgan fingerprint density at radius 1 is 1.12 bits per heavy atom. The van der Waals surface area contributed by atoms with Crippen LogP contribution in [-0.2, 0) is 11.3 Å². The van der Waals surface area contributed by atoms with E-state index in [-0.39, 0.29) is 29.3 Å². The second kappa shape index (κ2) is 9.98. The quantitative estimate of drug-likeness (QED) is 0.386. The molecule has 1 aromatic heterocycles. The second-order valence-electron chi connectivity index (χ2n) is 7.56. The van der Waals surface area contributed by atoms with Gasteiger partial charge < -0.3 is 14.9 Å². The topological polar surface area (TPSA) is 115 Å². The van der Waals surface area contributed by atoms with Crippen LogP contribution in [-0.4, -0.2) is 31.2 Å². The zero-order valence-corrected chi connectivity index (χ0v) is 18.4. The number of halogens is 2. The normalized spacial score (nSPS) is 12.9. The maximum Gasteiger partial charge on any atom is 0.309 e. The van der Waals surface area contributed by atoms with Crippen molar-refractivity contribution in [2.24, 2.45) is 5.92 Å². The molecule has 4 rings (SSSR count). The maximum absolute atomic E-state index is 13.9. The van der Waals surface area contributed by atoms with E-state index in [0.717, 1.165) is 10.7 Å². The smallest absolute Gasteiger partial charge is 0.309 e. The molecule has 34 heavy (non-hydrogen) atoms. The van der Waals surface area contributed by atoms with E-state index in [2.05, 4.69) is 10.3 Å². The standard InChI is InChI=1S/C24H19ClFN3O5/c25-15-7-10-21(19(26)13-15)34-16-8-5-14(6-9-16)22(30)18(24(32)33)11-12-29-23(31)17-3-1-2-4-20(17)27-28-29/h1-10,13,18,22,30H,11-12H2,(H,32,33)/t18-,22+/m0/s1. The van der Waals surface area contributed by atoms with Crippen molar-refractivity contribution in [3.8, 4) is 11.5 Å². The number of carboxylic acids is 1. The molecule has 174 valence electrons. The summed E-state index contributed by atoms with van der Waals surface area (Å²) >= 11 is 5.73. The fourth-order valence-corrected chi connectivity index (χ4v) is 3.66. The van der Waals surface area contributed by atoms with E-state index in [1.54, 1.807) is 24.3 Å². The number of aliphatic hydroxyl groups excluding tert-OH is 1. The largest absolute Gasteiger partial charge is 0.481 e. The van der Waals surface area contributed by atoms with E-state index in [1.807, 2.05) is 0 Å². The van der Waals surface area contributed by atoms with Gasteiger partial charge in [0.05, 0.1) is 17.4 Å². The van der Waals surface area contributed by atoms with Crippen LogP contribution in [0.25, 0.3) is 10.9 Å². The molecule has 0 fully saturated rings. The molecule has 0 bridgehead atoms. The van der Waals surface area contributed by atoms with Crippen LogP contribution in [0.1, 0.15) is 18.1 Å². The minimum atomic E-state index is -1.36. The first-order valence-corrected chi connectivity index (χ1v) is 10.7. The number of fused-ring (bicyclic) bond motifs is 1. The maximum atomic E-state index is 13.9. The highest BCUT2D eigenvalue weighted by atomic mass is 35.5. The molecule has 2 atom stereocenters. The van der Waals surface area contributed by atoms with Crippen molar-refractivity contribution in [3.05, 3.63) is 93.5 Å². The van der Waals surface area contributed by atoms with Crippen molar-refractivity contribution < 1.29 is 24.1 Å². The van der Waals surface area contributed by atoms with Crippen LogP contribution >= 0.6 is 11.6 Å². The SMILES string of the molecule is O=C(O)[C@@H](CCn1nnc2ccccc2c1=O)[C@H](O)c1ccc(Oc2ccc(Cl)cc2F)cc1. The third-order valence-electron chi connectivity index (χ3n) is 5.32. The lowest BCUT2D eigenvalue weighted by Gasteiger charge is -2.20. The van der Waals surface area contributed by atoms with Gasteiger partial charge in [-0.15, -0.1) is 5.10 Å². The molecule has 0 aliphatic heterocycles. The van der Waals surface area contributed by atoms with E-state index >= 15 is 0 Å². The lowest BCUT2D eigenvalue weighted by Crippen LogP contribution is -2.29. The van der Waals surface area contributed by atoms with Gasteiger partial charge in [0.2, 0.25) is 0 Å². The van der Waals surface area contributed by atoms with Gasteiger partial charge in [-0.05, 0) is 54.4 Å². The van der Waals surface area contributed by atoms with Crippen molar-refractivity contribution in [1.29, 1.82) is 0 Å². The number of benzene rings is 3. The van der Waals surface area contributed by atoms with Crippen LogP contribution < -0.4 is 10.3 Å². The molecule has 10 heteroatoms. The van der Waals surface area contributed by atoms with Gasteiger partial charge in [-0.1, -0.05) is 41.1 Å². The van der Waals surface area contributed by atoms with Gasteiger partial charge in [-0.2, -0.15) is 0 Å². The molecule has 0 aliphatic carbocycles. The Kier molecular flexibility index (Phi) is 6.85. The molecular weight excluding hydrogens is 465 g/mol. The molecule has 0 radical (unpaired) electrons. The monoisotopic (exact) mass is 483 g/mol. The highest BCUT2D eigenvalue weighted by Gasteiger charge is 2.28. The number of rotatable bonds is 8. The number of carbonyl (C=O) groups is 1. The first kappa shape index (κ1) is 23.3. The van der Waals surface area contributed by atoms with Gasteiger partial charge in [0.15, 0.2) is 11.6 Å². The summed E-state index contributed by atoms with van der Waals surface area (Å²) in [4.78, 5) is 24.4. The Morgan fingerprint density at radius 3 is 2.56 bits per heavy atom. The molecule has 0 unspecified atom stereocenters. The molecule has 0 amide bonds. The second-order valence-corrected chi connectivity index (χ2v) is 8.00. The predicted octanol–water partition coefficient (Wildman–Crippen LogP) is 4.20. The number of hydrogen-bond acceptors (Lipinski definition) is 6. The zero-order valence-electron chi connectivity index (χ0n) is 17.6. The summed E-state index contributed by atoms with van der Waals surface area (Å²) in [5.74, 6) is -2.79. The molecule has 0 saturated heterocycles. The highest BCUT2D eigenvalue weighted by molar-refractivity contribution is 6.30. The number of aliphatic carboxylic acids is 1. The first-order chi connectivity index (χ1) is 16.3. The number of nitrogens with zero attached hydrogens (tertiary/aromatic N) is 3. The van der Waals surface area contributed by atoms with Crippen molar-refractivity contribution in [1.82, 2.24) is 15.0 Å². The minimum absolute atomic E-state index is 0.0250. The zero-order chi connectivity index (χ0) is 24.2. The average molecular weight is 484 g/mol. The van der Waals surface area contributed by atoms with Crippen molar-refractivity contribution in [3.63, 3.8) is 0 Å². The summed E-state index contributed by atoms with van der Waals surface area (Å²) < 4.78 is 20.5. The van der Waals surface area contributed by atoms with Crippen molar-refractivity contribution >= 4 is 28.5 Å². The Bertz CT molecular complexity index is 1390. The summed E-state index contributed by atoms with van der Waals surface area (Å²) in [5, 5.41) is 28.8. The fourth-order valence-electron chi connectivity index (χ4n) is 3.50. The van der Waals surface area contributed by atoms with Gasteiger partial charge in [-0.3, -0.25) is 9.59 Å². The summed E-state index contributed by atoms with van der Waals surface area (Å²) in [6.07, 6.45) is -1.42. The van der Waals surface area contributed by atoms with Crippen LogP contribution in [0, 0.1) is 11.7 Å². The Balaban J connectivity index is 1.47. The van der Waals surface area contributed by atoms with E-state index in [1.165, 1.54) is 36.4 Å². The summed E-state index contributed by atoms with van der Waals surface area (Å²) in [6.45, 7) is -0.0399. The number of aliphatic hydroxyl groups is 1. The number of ether oxygens (including phenoxy) is 1. The summed E-state index contributed by atoms with van der Waals surface area (Å²) in [7, 11) is 0. The van der Waals surface area contributed by atoms with Gasteiger partial charge in [0.25, 0.3) is 5.56 Å². The third kappa shape index (κ3) is 5.05. The van der Waals surface area contributed by atoms with E-state index in [4.69, 9.17) is 16.3 Å². The van der Waals surface area contributed by atoms with E-state index < -0.39 is 23.8 Å². The molecule has 8 nitrogen and oxygen atoms in total. The van der Waals surface area contributed by atoms with Crippen LogP contribution in [0.5, 0.6) is 11.5 Å². The lowest BCUT2D eigenvalue weighted by molar-refractivity contribution is -0.146. The van der Waals surface area contributed by atoms with Gasteiger partial charge in [0, 0.05) is 11.6 Å². The molecule has 0 spiro atoms. The van der Waals surface area contributed by atoms with E-state index in [9.17, 15) is 24.2 Å². The first-order valence-electron chi connectivity index (χ1n) is 10.3. The number of aryl methyl sites for hydroxylation is 1. The molecule has 0 aliphatic rings. The summed E-state index contributed by atoms with van der Waals surface area (Å²) in [5.41, 5.74) is 0.382. The molecule has 0 saturated carbocycles. The van der Waals surface area contributed by atoms with Crippen LogP contribution in [0.3, 0.4) is 0 Å². The molecule has 4 aromatic rings. The van der Waals surface area contributed by atoms with Gasteiger partial charge in [0.1, 0.15) is 11.3 Å².